The highest BCUT2D eigenvalue weighted by Gasteiger charge is 2.12. The summed E-state index contributed by atoms with van der Waals surface area (Å²) in [5.74, 6) is 1.80. The van der Waals surface area contributed by atoms with Gasteiger partial charge in [-0.3, -0.25) is 4.99 Å². The number of nitrogens with two attached hydrogens (primary N) is 1. The van der Waals surface area contributed by atoms with Crippen molar-refractivity contribution in [3.8, 4) is 11.5 Å². The molecule has 2 aromatic rings. The van der Waals surface area contributed by atoms with Crippen LogP contribution in [0, 0.1) is 0 Å². The molecule has 0 amide bonds. The summed E-state index contributed by atoms with van der Waals surface area (Å²) in [6.07, 6.45) is 0.740. The van der Waals surface area contributed by atoms with E-state index in [9.17, 15) is 0 Å². The Balaban J connectivity index is 1.64. The highest BCUT2D eigenvalue weighted by molar-refractivity contribution is 5.92. The molecule has 132 valence electrons. The van der Waals surface area contributed by atoms with Crippen LogP contribution in [0.25, 0.3) is 0 Å². The molecule has 0 fully saturated rings. The van der Waals surface area contributed by atoms with Crippen molar-refractivity contribution in [2.24, 2.45) is 10.7 Å². The van der Waals surface area contributed by atoms with Gasteiger partial charge in [-0.1, -0.05) is 30.3 Å². The van der Waals surface area contributed by atoms with Gasteiger partial charge in [0.2, 0.25) is 0 Å². The summed E-state index contributed by atoms with van der Waals surface area (Å²) in [5.41, 5.74) is 7.88. The van der Waals surface area contributed by atoms with Gasteiger partial charge < -0.3 is 25.3 Å². The monoisotopic (exact) mass is 341 g/mol. The van der Waals surface area contributed by atoms with Crippen LogP contribution in [0.4, 0.5) is 5.69 Å². The Kier molecular flexibility index (Phi) is 5.74. The minimum absolute atomic E-state index is 0.134. The molecule has 0 spiro atoms. The first kappa shape index (κ1) is 17.1. The fourth-order valence-electron chi connectivity index (χ4n) is 2.59. The SMILES string of the molecule is COC(CN=C(N)Nc1ccc2c(c1)OCCCO2)c1ccccc1. The van der Waals surface area contributed by atoms with Crippen molar-refractivity contribution in [3.63, 3.8) is 0 Å². The number of methoxy groups -OCH3 is 1. The van der Waals surface area contributed by atoms with Crippen LogP contribution in [0.15, 0.2) is 53.5 Å². The van der Waals surface area contributed by atoms with E-state index in [1.165, 1.54) is 0 Å². The Bertz CT molecular complexity index is 719. The fraction of sp³-hybridized carbons (Fsp3) is 0.316. The number of rotatable bonds is 5. The van der Waals surface area contributed by atoms with Gasteiger partial charge in [0.15, 0.2) is 17.5 Å². The molecule has 2 aromatic carbocycles. The fourth-order valence-corrected chi connectivity index (χ4v) is 2.59. The lowest BCUT2D eigenvalue weighted by molar-refractivity contribution is 0.111. The van der Waals surface area contributed by atoms with Crippen molar-refractivity contribution < 1.29 is 14.2 Å². The Hall–Kier alpha value is -2.73. The van der Waals surface area contributed by atoms with Gasteiger partial charge in [0.05, 0.1) is 19.8 Å². The van der Waals surface area contributed by atoms with Crippen molar-refractivity contribution in [1.82, 2.24) is 0 Å². The Morgan fingerprint density at radius 3 is 2.68 bits per heavy atom. The van der Waals surface area contributed by atoms with Gasteiger partial charge in [0.1, 0.15) is 6.10 Å². The maximum Gasteiger partial charge on any atom is 0.193 e. The molecule has 0 aromatic heterocycles. The molecular weight excluding hydrogens is 318 g/mol. The largest absolute Gasteiger partial charge is 0.490 e. The molecule has 0 aliphatic carbocycles. The van der Waals surface area contributed by atoms with Gasteiger partial charge in [0.25, 0.3) is 0 Å². The zero-order valence-electron chi connectivity index (χ0n) is 14.3. The van der Waals surface area contributed by atoms with E-state index in [2.05, 4.69) is 10.3 Å². The maximum atomic E-state index is 6.01. The molecule has 1 heterocycles. The third-order valence-corrected chi connectivity index (χ3v) is 3.90. The van der Waals surface area contributed by atoms with E-state index in [-0.39, 0.29) is 6.10 Å². The lowest BCUT2D eigenvalue weighted by atomic mass is 10.1. The molecule has 3 rings (SSSR count). The van der Waals surface area contributed by atoms with Crippen molar-refractivity contribution in [1.29, 1.82) is 0 Å². The lowest BCUT2D eigenvalue weighted by Crippen LogP contribution is -2.24. The normalized spacial score (nSPS) is 15.3. The van der Waals surface area contributed by atoms with Crippen LogP contribution < -0.4 is 20.5 Å². The number of hydrogen-bond acceptors (Lipinski definition) is 4. The van der Waals surface area contributed by atoms with Crippen molar-refractivity contribution >= 4 is 11.6 Å². The van der Waals surface area contributed by atoms with E-state index in [0.717, 1.165) is 23.4 Å². The van der Waals surface area contributed by atoms with Crippen LogP contribution in [-0.4, -0.2) is 32.8 Å². The molecule has 25 heavy (non-hydrogen) atoms. The first-order chi connectivity index (χ1) is 12.3. The number of nitrogens with zero attached hydrogens (tertiary/aromatic N) is 1. The molecule has 1 aliphatic rings. The predicted molar refractivity (Wildman–Crippen MR) is 98.4 cm³/mol. The number of guanidine groups is 1. The van der Waals surface area contributed by atoms with Crippen LogP contribution in [0.5, 0.6) is 11.5 Å². The molecule has 1 aliphatic heterocycles. The summed E-state index contributed by atoms with van der Waals surface area (Å²) in [5, 5.41) is 3.08. The highest BCUT2D eigenvalue weighted by Crippen LogP contribution is 2.32. The van der Waals surface area contributed by atoms with Gasteiger partial charge in [0, 0.05) is 25.3 Å². The summed E-state index contributed by atoms with van der Waals surface area (Å²) in [7, 11) is 1.67. The van der Waals surface area contributed by atoms with E-state index in [1.54, 1.807) is 7.11 Å². The van der Waals surface area contributed by atoms with Gasteiger partial charge >= 0.3 is 0 Å². The van der Waals surface area contributed by atoms with Crippen molar-refractivity contribution in [3.05, 3.63) is 54.1 Å². The second kappa shape index (κ2) is 8.39. The number of anilines is 1. The molecule has 6 nitrogen and oxygen atoms in total. The summed E-state index contributed by atoms with van der Waals surface area (Å²) < 4.78 is 16.8. The quantitative estimate of drug-likeness (QED) is 0.646. The van der Waals surface area contributed by atoms with E-state index in [0.29, 0.717) is 31.5 Å². The smallest absolute Gasteiger partial charge is 0.193 e. The molecule has 1 atom stereocenters. The molecule has 3 N–H and O–H groups in total. The molecule has 6 heteroatoms. The number of ether oxygens (including phenoxy) is 3. The standard InChI is InChI=1S/C19H23N3O3/c1-23-18(14-6-3-2-4-7-14)13-21-19(20)22-15-8-9-16-17(12-15)25-11-5-10-24-16/h2-4,6-9,12,18H,5,10-11,13H2,1H3,(H3,20,21,22). The number of nitrogens with one attached hydrogen (secondary N) is 1. The molecular formula is C19H23N3O3. The molecule has 0 saturated heterocycles. The Morgan fingerprint density at radius 1 is 1.16 bits per heavy atom. The average molecular weight is 341 g/mol. The minimum Gasteiger partial charge on any atom is -0.490 e. The van der Waals surface area contributed by atoms with E-state index < -0.39 is 0 Å². The summed E-state index contributed by atoms with van der Waals surface area (Å²) in [4.78, 5) is 4.38. The zero-order chi connectivity index (χ0) is 17.5. The number of aliphatic imine (C=N–C) groups is 1. The predicted octanol–water partition coefficient (Wildman–Crippen LogP) is 2.96. The maximum absolute atomic E-state index is 6.01. The molecule has 0 saturated carbocycles. The second-order valence-electron chi connectivity index (χ2n) is 5.70. The van der Waals surface area contributed by atoms with Gasteiger partial charge in [-0.25, -0.2) is 0 Å². The van der Waals surface area contributed by atoms with Crippen LogP contribution in [0.1, 0.15) is 18.1 Å². The zero-order valence-corrected chi connectivity index (χ0v) is 14.3. The third-order valence-electron chi connectivity index (χ3n) is 3.90. The van der Waals surface area contributed by atoms with Crippen LogP contribution in [0.2, 0.25) is 0 Å². The number of fused-ring (bicyclic) bond motifs is 1. The number of benzene rings is 2. The van der Waals surface area contributed by atoms with Gasteiger partial charge in [-0.15, -0.1) is 0 Å². The first-order valence-corrected chi connectivity index (χ1v) is 8.30. The summed E-state index contributed by atoms with van der Waals surface area (Å²) >= 11 is 0. The first-order valence-electron chi connectivity index (χ1n) is 8.30. The molecule has 0 radical (unpaired) electrons. The van der Waals surface area contributed by atoms with Crippen LogP contribution in [-0.2, 0) is 4.74 Å². The minimum atomic E-state index is -0.134. The number of hydrogen-bond donors (Lipinski definition) is 2. The summed E-state index contributed by atoms with van der Waals surface area (Å²) in [6, 6.07) is 15.6. The van der Waals surface area contributed by atoms with Crippen LogP contribution >= 0.6 is 0 Å². The van der Waals surface area contributed by atoms with Crippen LogP contribution in [0.3, 0.4) is 0 Å². The topological polar surface area (TPSA) is 78.1 Å². The Labute approximate surface area is 147 Å². The third kappa shape index (κ3) is 4.64. The van der Waals surface area contributed by atoms with Gasteiger partial charge in [-0.05, 0) is 17.7 Å². The Morgan fingerprint density at radius 2 is 1.92 bits per heavy atom. The van der Waals surface area contributed by atoms with Gasteiger partial charge in [-0.2, -0.15) is 0 Å². The lowest BCUT2D eigenvalue weighted by Gasteiger charge is -2.14. The molecule has 0 bridgehead atoms. The van der Waals surface area contributed by atoms with E-state index in [4.69, 9.17) is 19.9 Å². The average Bonchev–Trinajstić information content (AvgIpc) is 2.88. The molecule has 1 unspecified atom stereocenters. The summed E-state index contributed by atoms with van der Waals surface area (Å²) in [6.45, 7) is 1.75. The van der Waals surface area contributed by atoms with Crippen molar-refractivity contribution in [2.45, 2.75) is 12.5 Å². The van der Waals surface area contributed by atoms with E-state index >= 15 is 0 Å². The highest BCUT2D eigenvalue weighted by atomic mass is 16.5. The second-order valence-corrected chi connectivity index (χ2v) is 5.70. The van der Waals surface area contributed by atoms with E-state index in [1.807, 2.05) is 48.5 Å². The van der Waals surface area contributed by atoms with Crippen molar-refractivity contribution in [2.75, 3.05) is 32.2 Å².